The van der Waals surface area contributed by atoms with Gasteiger partial charge in [0.25, 0.3) is 5.91 Å². The molecule has 150 valence electrons. The molecule has 1 aromatic heterocycles. The molecule has 0 aliphatic heterocycles. The van der Waals surface area contributed by atoms with E-state index >= 15 is 0 Å². The Kier molecular flexibility index (Phi) is 6.25. The van der Waals surface area contributed by atoms with Crippen LogP contribution in [0.1, 0.15) is 15.9 Å². The molecule has 2 N–H and O–H groups in total. The second-order valence-electron chi connectivity index (χ2n) is 6.18. The predicted molar refractivity (Wildman–Crippen MR) is 104 cm³/mol. The number of carbonyl (C=O) groups excluding carboxylic acids is 1. The summed E-state index contributed by atoms with van der Waals surface area (Å²) < 4.78 is 15.8. The van der Waals surface area contributed by atoms with Crippen LogP contribution >= 0.6 is 0 Å². The third-order valence-corrected chi connectivity index (χ3v) is 4.20. The predicted octanol–water partition coefficient (Wildman–Crippen LogP) is 2.20. The highest BCUT2D eigenvalue weighted by Gasteiger charge is 2.23. The van der Waals surface area contributed by atoms with Gasteiger partial charge in [-0.15, -0.1) is 0 Å². The summed E-state index contributed by atoms with van der Waals surface area (Å²) in [6.07, 6.45) is 0. The SMILES string of the molecule is COc1cccc2oc(=O)c(C(=O)NC(COCc3ccccc3)C(=O)O)cc12. The minimum absolute atomic E-state index is 0.190. The standard InChI is InChI=1S/C21H19NO7/c1-27-17-8-5-9-18-14(17)10-15(21(26)29-18)19(23)22-16(20(24)25)12-28-11-13-6-3-2-4-7-13/h2-10,16H,11-12H2,1H3,(H,22,23)(H,24,25). The van der Waals surface area contributed by atoms with Gasteiger partial charge in [0.2, 0.25) is 0 Å². The molecule has 1 amide bonds. The van der Waals surface area contributed by atoms with Gasteiger partial charge in [0.15, 0.2) is 6.04 Å². The molecule has 0 saturated carbocycles. The number of aliphatic carboxylic acids is 1. The van der Waals surface area contributed by atoms with Crippen LogP contribution in [0.25, 0.3) is 11.0 Å². The quantitative estimate of drug-likeness (QED) is 0.560. The van der Waals surface area contributed by atoms with Crippen molar-refractivity contribution in [1.29, 1.82) is 0 Å². The van der Waals surface area contributed by atoms with Crippen LogP contribution in [0.5, 0.6) is 5.75 Å². The normalized spacial score (nSPS) is 11.8. The second-order valence-corrected chi connectivity index (χ2v) is 6.18. The Morgan fingerprint density at radius 2 is 1.90 bits per heavy atom. The molecule has 1 atom stereocenters. The number of hydrogen-bond donors (Lipinski definition) is 2. The Morgan fingerprint density at radius 1 is 1.14 bits per heavy atom. The van der Waals surface area contributed by atoms with Crippen LogP contribution < -0.4 is 15.7 Å². The number of carbonyl (C=O) groups is 2. The van der Waals surface area contributed by atoms with E-state index < -0.39 is 23.5 Å². The Morgan fingerprint density at radius 3 is 2.59 bits per heavy atom. The number of amides is 1. The molecule has 0 aliphatic rings. The Balaban J connectivity index is 1.75. The Labute approximate surface area is 165 Å². The maximum atomic E-state index is 12.5. The van der Waals surface area contributed by atoms with Crippen LogP contribution in [0.4, 0.5) is 0 Å². The van der Waals surface area contributed by atoms with Crippen LogP contribution in [0, 0.1) is 0 Å². The highest BCUT2D eigenvalue weighted by Crippen LogP contribution is 2.24. The van der Waals surface area contributed by atoms with E-state index in [1.807, 2.05) is 30.3 Å². The van der Waals surface area contributed by atoms with E-state index in [1.54, 1.807) is 18.2 Å². The number of carboxylic acid groups (broad SMARTS) is 1. The third-order valence-electron chi connectivity index (χ3n) is 4.20. The van der Waals surface area contributed by atoms with Crippen LogP contribution in [-0.4, -0.2) is 36.7 Å². The van der Waals surface area contributed by atoms with E-state index in [-0.39, 0.29) is 24.4 Å². The van der Waals surface area contributed by atoms with Crippen LogP contribution in [-0.2, 0) is 16.1 Å². The zero-order valence-electron chi connectivity index (χ0n) is 15.6. The van der Waals surface area contributed by atoms with Crippen molar-refractivity contribution in [2.75, 3.05) is 13.7 Å². The van der Waals surface area contributed by atoms with Crippen molar-refractivity contribution in [2.24, 2.45) is 0 Å². The summed E-state index contributed by atoms with van der Waals surface area (Å²) >= 11 is 0. The number of hydrogen-bond acceptors (Lipinski definition) is 6. The van der Waals surface area contributed by atoms with Crippen LogP contribution in [0.2, 0.25) is 0 Å². The molecule has 1 heterocycles. The molecule has 29 heavy (non-hydrogen) atoms. The molecule has 0 aliphatic carbocycles. The van der Waals surface area contributed by atoms with Crippen molar-refractivity contribution in [3.63, 3.8) is 0 Å². The minimum atomic E-state index is -1.33. The van der Waals surface area contributed by atoms with Crippen LogP contribution in [0.15, 0.2) is 63.8 Å². The lowest BCUT2D eigenvalue weighted by Crippen LogP contribution is -2.45. The summed E-state index contributed by atoms with van der Waals surface area (Å²) in [5, 5.41) is 12.1. The average molecular weight is 397 g/mol. The van der Waals surface area contributed by atoms with Gasteiger partial charge in [-0.2, -0.15) is 0 Å². The molecule has 2 aromatic carbocycles. The molecule has 3 aromatic rings. The first kappa shape index (κ1) is 20.1. The van der Waals surface area contributed by atoms with Crippen molar-refractivity contribution < 1.29 is 28.6 Å². The van der Waals surface area contributed by atoms with Gasteiger partial charge in [0.05, 0.1) is 25.7 Å². The number of benzene rings is 2. The van der Waals surface area contributed by atoms with E-state index in [1.165, 1.54) is 13.2 Å². The molecule has 0 saturated heterocycles. The summed E-state index contributed by atoms with van der Waals surface area (Å²) in [4.78, 5) is 36.2. The second kappa shape index (κ2) is 9.03. The van der Waals surface area contributed by atoms with Gasteiger partial charge in [-0.1, -0.05) is 36.4 Å². The highest BCUT2D eigenvalue weighted by atomic mass is 16.5. The molecule has 0 fully saturated rings. The van der Waals surface area contributed by atoms with E-state index in [2.05, 4.69) is 5.32 Å². The fourth-order valence-electron chi connectivity index (χ4n) is 2.73. The summed E-state index contributed by atoms with van der Waals surface area (Å²) in [6, 6.07) is 14.1. The fourth-order valence-corrected chi connectivity index (χ4v) is 2.73. The van der Waals surface area contributed by atoms with E-state index in [9.17, 15) is 19.5 Å². The number of rotatable bonds is 8. The maximum Gasteiger partial charge on any atom is 0.349 e. The molecule has 8 nitrogen and oxygen atoms in total. The zero-order valence-corrected chi connectivity index (χ0v) is 15.6. The summed E-state index contributed by atoms with van der Waals surface area (Å²) in [6.45, 7) is -0.0754. The molecular formula is C21H19NO7. The van der Waals surface area contributed by atoms with E-state index in [0.29, 0.717) is 11.1 Å². The monoisotopic (exact) mass is 397 g/mol. The molecular weight excluding hydrogens is 378 g/mol. The van der Waals surface area contributed by atoms with E-state index in [4.69, 9.17) is 13.9 Å². The van der Waals surface area contributed by atoms with Gasteiger partial charge in [0.1, 0.15) is 16.9 Å². The summed E-state index contributed by atoms with van der Waals surface area (Å²) in [5.74, 6) is -1.74. The topological polar surface area (TPSA) is 115 Å². The molecule has 0 spiro atoms. The lowest BCUT2D eigenvalue weighted by molar-refractivity contribution is -0.141. The minimum Gasteiger partial charge on any atom is -0.496 e. The van der Waals surface area contributed by atoms with Gasteiger partial charge in [0, 0.05) is 0 Å². The highest BCUT2D eigenvalue weighted by molar-refractivity contribution is 5.99. The number of carboxylic acids is 1. The lowest BCUT2D eigenvalue weighted by atomic mass is 10.1. The Hall–Kier alpha value is -3.65. The van der Waals surface area contributed by atoms with Gasteiger partial charge < -0.3 is 24.3 Å². The molecule has 0 radical (unpaired) electrons. The lowest BCUT2D eigenvalue weighted by Gasteiger charge is -2.15. The van der Waals surface area contributed by atoms with Gasteiger partial charge >= 0.3 is 11.6 Å². The summed E-state index contributed by atoms with van der Waals surface area (Å²) in [7, 11) is 1.45. The van der Waals surface area contributed by atoms with Crippen molar-refractivity contribution in [1.82, 2.24) is 5.32 Å². The molecule has 1 unspecified atom stereocenters. The van der Waals surface area contributed by atoms with Crippen molar-refractivity contribution in [2.45, 2.75) is 12.6 Å². The largest absolute Gasteiger partial charge is 0.496 e. The van der Waals surface area contributed by atoms with Gasteiger partial charge in [-0.3, -0.25) is 4.79 Å². The molecule has 3 rings (SSSR count). The smallest absolute Gasteiger partial charge is 0.349 e. The molecule has 8 heteroatoms. The average Bonchev–Trinajstić information content (AvgIpc) is 2.72. The number of ether oxygens (including phenoxy) is 2. The first-order chi connectivity index (χ1) is 14.0. The Bertz CT molecular complexity index is 1080. The number of fused-ring (bicyclic) bond motifs is 1. The van der Waals surface area contributed by atoms with Crippen LogP contribution in [0.3, 0.4) is 0 Å². The van der Waals surface area contributed by atoms with Crippen molar-refractivity contribution in [3.8, 4) is 5.75 Å². The summed E-state index contributed by atoms with van der Waals surface area (Å²) in [5.41, 5.74) is -0.0778. The fraction of sp³-hybridized carbons (Fsp3) is 0.190. The zero-order chi connectivity index (χ0) is 20.8. The first-order valence-electron chi connectivity index (χ1n) is 8.76. The first-order valence-corrected chi connectivity index (χ1v) is 8.76. The number of methoxy groups -OCH3 is 1. The van der Waals surface area contributed by atoms with Gasteiger partial charge in [-0.05, 0) is 23.8 Å². The number of nitrogens with one attached hydrogen (secondary N) is 1. The van der Waals surface area contributed by atoms with Gasteiger partial charge in [-0.25, -0.2) is 9.59 Å². The van der Waals surface area contributed by atoms with Crippen molar-refractivity contribution in [3.05, 3.63) is 76.1 Å². The third kappa shape index (κ3) is 4.80. The maximum absolute atomic E-state index is 12.5. The van der Waals surface area contributed by atoms with Crippen molar-refractivity contribution >= 4 is 22.8 Å². The van der Waals surface area contributed by atoms with E-state index in [0.717, 1.165) is 5.56 Å². The molecule has 0 bridgehead atoms.